The van der Waals surface area contributed by atoms with E-state index in [1.165, 1.54) is 31.4 Å². The Morgan fingerprint density at radius 3 is 2.11 bits per heavy atom. The summed E-state index contributed by atoms with van der Waals surface area (Å²) in [4.78, 5) is 9.69. The zero-order valence-corrected chi connectivity index (χ0v) is 11.6. The molecule has 0 aliphatic rings. The lowest BCUT2D eigenvalue weighted by Gasteiger charge is -2.13. The van der Waals surface area contributed by atoms with Gasteiger partial charge in [-0.3, -0.25) is 0 Å². The molecule has 0 aromatic heterocycles. The molecular formula is C9H10N2O6S2. The summed E-state index contributed by atoms with van der Waals surface area (Å²) in [6, 6.07) is 5.06. The summed E-state index contributed by atoms with van der Waals surface area (Å²) in [5.41, 5.74) is 0. The molecular weight excluding hydrogens is 296 g/mol. The SMILES string of the molecule is COc1ccc(S(=O)(=O)N(C)S(=O)(=O)N=C=O)cc1. The zero-order chi connectivity index (χ0) is 14.7. The van der Waals surface area contributed by atoms with Gasteiger partial charge in [-0.05, 0) is 24.3 Å². The predicted molar refractivity (Wildman–Crippen MR) is 65.0 cm³/mol. The van der Waals surface area contributed by atoms with Gasteiger partial charge in [0.05, 0.1) is 12.0 Å². The van der Waals surface area contributed by atoms with Crippen LogP contribution in [0.1, 0.15) is 0 Å². The summed E-state index contributed by atoms with van der Waals surface area (Å²) in [5, 5.41) is 0. The molecule has 0 bridgehead atoms. The van der Waals surface area contributed by atoms with Gasteiger partial charge in [-0.25, -0.2) is 13.2 Å². The van der Waals surface area contributed by atoms with Crippen molar-refractivity contribution in [2.24, 2.45) is 4.40 Å². The van der Waals surface area contributed by atoms with Gasteiger partial charge in [-0.1, -0.05) is 8.11 Å². The Morgan fingerprint density at radius 1 is 1.16 bits per heavy atom. The highest BCUT2D eigenvalue weighted by Gasteiger charge is 2.31. The van der Waals surface area contributed by atoms with Crippen molar-refractivity contribution in [3.63, 3.8) is 0 Å². The minimum absolute atomic E-state index is 0.00723. The topological polar surface area (TPSA) is 110 Å². The number of carbonyl (C=O) groups excluding carboxylic acids is 1. The zero-order valence-electron chi connectivity index (χ0n) is 9.97. The van der Waals surface area contributed by atoms with Gasteiger partial charge in [-0.2, -0.15) is 8.42 Å². The maximum atomic E-state index is 12.0. The highest BCUT2D eigenvalue weighted by molar-refractivity contribution is 8.03. The van der Waals surface area contributed by atoms with E-state index in [4.69, 9.17) is 4.74 Å². The van der Waals surface area contributed by atoms with E-state index >= 15 is 0 Å². The number of sulfonamides is 1. The Bertz CT molecular complexity index is 702. The number of rotatable bonds is 5. The fourth-order valence-electron chi connectivity index (χ4n) is 1.12. The van der Waals surface area contributed by atoms with E-state index in [0.29, 0.717) is 5.75 Å². The first kappa shape index (κ1) is 15.3. The molecule has 0 aliphatic carbocycles. The van der Waals surface area contributed by atoms with Crippen molar-refractivity contribution in [2.45, 2.75) is 4.90 Å². The van der Waals surface area contributed by atoms with Crippen molar-refractivity contribution in [1.82, 2.24) is 3.71 Å². The van der Waals surface area contributed by atoms with Crippen LogP contribution in [0.5, 0.6) is 5.75 Å². The van der Waals surface area contributed by atoms with Gasteiger partial charge in [-0.15, -0.1) is 0 Å². The summed E-state index contributed by atoms with van der Waals surface area (Å²) in [6.07, 6.45) is 0.792. The summed E-state index contributed by atoms with van der Waals surface area (Å²) in [6.45, 7) is 0. The van der Waals surface area contributed by atoms with Crippen molar-refractivity contribution in [3.8, 4) is 5.75 Å². The molecule has 19 heavy (non-hydrogen) atoms. The first-order valence-corrected chi connectivity index (χ1v) is 7.56. The van der Waals surface area contributed by atoms with Crippen LogP contribution >= 0.6 is 0 Å². The second-order valence-electron chi connectivity index (χ2n) is 3.22. The third kappa shape index (κ3) is 3.18. The van der Waals surface area contributed by atoms with Crippen LogP contribution in [-0.4, -0.2) is 40.8 Å². The Balaban J connectivity index is 3.27. The molecule has 10 heteroatoms. The van der Waals surface area contributed by atoms with Gasteiger partial charge < -0.3 is 4.74 Å². The molecule has 0 atom stereocenters. The first-order chi connectivity index (χ1) is 8.75. The van der Waals surface area contributed by atoms with Gasteiger partial charge in [0, 0.05) is 7.05 Å². The van der Waals surface area contributed by atoms with Gasteiger partial charge in [0.2, 0.25) is 0 Å². The van der Waals surface area contributed by atoms with E-state index < -0.39 is 20.2 Å². The molecule has 1 aromatic carbocycles. The number of methoxy groups -OCH3 is 1. The van der Waals surface area contributed by atoms with E-state index in [1.807, 2.05) is 0 Å². The molecule has 8 nitrogen and oxygen atoms in total. The van der Waals surface area contributed by atoms with Crippen molar-refractivity contribution in [1.29, 1.82) is 0 Å². The van der Waals surface area contributed by atoms with Gasteiger partial charge in [0.25, 0.3) is 16.1 Å². The van der Waals surface area contributed by atoms with E-state index in [-0.39, 0.29) is 8.61 Å². The molecule has 0 amide bonds. The average molecular weight is 306 g/mol. The number of benzene rings is 1. The maximum Gasteiger partial charge on any atom is 0.345 e. The fraction of sp³-hybridized carbons (Fsp3) is 0.222. The number of hydrogen-bond donors (Lipinski definition) is 0. The van der Waals surface area contributed by atoms with E-state index in [9.17, 15) is 21.6 Å². The van der Waals surface area contributed by atoms with Gasteiger partial charge in [0.1, 0.15) is 5.75 Å². The molecule has 0 heterocycles. The molecule has 0 saturated carbocycles. The number of hydrogen-bond acceptors (Lipinski definition) is 6. The summed E-state index contributed by atoms with van der Waals surface area (Å²) >= 11 is 0. The minimum atomic E-state index is -4.62. The lowest BCUT2D eigenvalue weighted by atomic mass is 10.3. The fourth-order valence-corrected chi connectivity index (χ4v) is 3.46. The number of nitrogens with zero attached hydrogens (tertiary/aromatic N) is 2. The number of isocyanates is 1. The lowest BCUT2D eigenvalue weighted by molar-refractivity contribution is 0.414. The maximum absolute atomic E-state index is 12.0. The van der Waals surface area contributed by atoms with E-state index in [1.54, 1.807) is 0 Å². The second-order valence-corrected chi connectivity index (χ2v) is 7.05. The largest absolute Gasteiger partial charge is 0.497 e. The van der Waals surface area contributed by atoms with Crippen LogP contribution in [0.4, 0.5) is 0 Å². The highest BCUT2D eigenvalue weighted by Crippen LogP contribution is 2.20. The van der Waals surface area contributed by atoms with Crippen molar-refractivity contribution < 1.29 is 26.4 Å². The normalized spacial score (nSPS) is 11.9. The van der Waals surface area contributed by atoms with E-state index in [0.717, 1.165) is 13.1 Å². The number of ether oxygens (including phenoxy) is 1. The van der Waals surface area contributed by atoms with Crippen LogP contribution < -0.4 is 4.74 Å². The lowest BCUT2D eigenvalue weighted by Crippen LogP contribution is -2.31. The third-order valence-corrected chi connectivity index (χ3v) is 5.83. The summed E-state index contributed by atoms with van der Waals surface area (Å²) in [5.74, 6) is 0.412. The van der Waals surface area contributed by atoms with Crippen molar-refractivity contribution >= 4 is 26.3 Å². The molecule has 0 aliphatic heterocycles. The Kier molecular flexibility index (Phi) is 4.43. The predicted octanol–water partition coefficient (Wildman–Crippen LogP) is -0.104. The van der Waals surface area contributed by atoms with Crippen LogP contribution in [0.15, 0.2) is 33.6 Å². The van der Waals surface area contributed by atoms with Crippen molar-refractivity contribution in [2.75, 3.05) is 14.2 Å². The average Bonchev–Trinajstić information content (AvgIpc) is 2.37. The van der Waals surface area contributed by atoms with Crippen molar-refractivity contribution in [3.05, 3.63) is 24.3 Å². The van der Waals surface area contributed by atoms with Crippen LogP contribution in [0.3, 0.4) is 0 Å². The Hall–Kier alpha value is -1.74. The minimum Gasteiger partial charge on any atom is -0.497 e. The molecule has 0 unspecified atom stereocenters. The monoisotopic (exact) mass is 306 g/mol. The molecule has 104 valence electrons. The van der Waals surface area contributed by atoms with Crippen LogP contribution in [0, 0.1) is 0 Å². The molecule has 0 N–H and O–H groups in total. The smallest absolute Gasteiger partial charge is 0.345 e. The van der Waals surface area contributed by atoms with Gasteiger partial charge >= 0.3 is 10.2 Å². The summed E-state index contributed by atoms with van der Waals surface area (Å²) < 4.78 is 54.0. The standard InChI is InChI=1S/C9H10N2O6S2/c1-11(19(15,16)10-7-12)18(13,14)9-5-3-8(17-2)4-6-9/h3-6H,1-2H3. The molecule has 1 rings (SSSR count). The second kappa shape index (κ2) is 5.49. The van der Waals surface area contributed by atoms with Gasteiger partial charge in [0.15, 0.2) is 0 Å². The first-order valence-electron chi connectivity index (χ1n) is 4.73. The molecule has 0 saturated heterocycles. The molecule has 1 aromatic rings. The Morgan fingerprint density at radius 2 is 1.68 bits per heavy atom. The molecule has 0 spiro atoms. The molecule has 0 radical (unpaired) electrons. The third-order valence-electron chi connectivity index (χ3n) is 2.17. The highest BCUT2D eigenvalue weighted by atomic mass is 32.3. The van der Waals surface area contributed by atoms with E-state index in [2.05, 4.69) is 4.40 Å². The quantitative estimate of drug-likeness (QED) is 0.554. The van der Waals surface area contributed by atoms with Crippen LogP contribution in [-0.2, 0) is 25.0 Å². The van der Waals surface area contributed by atoms with Crippen LogP contribution in [0.25, 0.3) is 0 Å². The Labute approximate surface area is 110 Å². The summed E-state index contributed by atoms with van der Waals surface area (Å²) in [7, 11) is -6.77. The van der Waals surface area contributed by atoms with Crippen LogP contribution in [0.2, 0.25) is 0 Å². The molecule has 0 fully saturated rings.